The SMILES string of the molecule is CCOC(=O)c1c(-c2ccccc2)oc2ccc(OC(=O)[C@H](C)Oc3c(F)c(F)c(OCC)c(F)c3F)cc12. The molecule has 1 atom stereocenters. The number of halogens is 4. The molecule has 11 heteroatoms. The zero-order valence-electron chi connectivity index (χ0n) is 21.0. The summed E-state index contributed by atoms with van der Waals surface area (Å²) in [5.74, 6) is -11.7. The molecule has 1 heterocycles. The molecule has 7 nitrogen and oxygen atoms in total. The van der Waals surface area contributed by atoms with Gasteiger partial charge < -0.3 is 23.4 Å². The van der Waals surface area contributed by atoms with Crippen molar-refractivity contribution in [3.63, 3.8) is 0 Å². The number of rotatable bonds is 9. The molecule has 0 N–H and O–H groups in total. The number of furan rings is 1. The number of hydrogen-bond acceptors (Lipinski definition) is 7. The van der Waals surface area contributed by atoms with E-state index in [1.54, 1.807) is 37.3 Å². The van der Waals surface area contributed by atoms with Crippen LogP contribution >= 0.6 is 0 Å². The molecule has 0 aliphatic carbocycles. The molecule has 4 rings (SSSR count). The van der Waals surface area contributed by atoms with Crippen LogP contribution in [0, 0.1) is 23.3 Å². The second kappa shape index (κ2) is 11.5. The highest BCUT2D eigenvalue weighted by atomic mass is 19.2. The van der Waals surface area contributed by atoms with E-state index in [2.05, 4.69) is 4.74 Å². The summed E-state index contributed by atoms with van der Waals surface area (Å²) in [7, 11) is 0. The summed E-state index contributed by atoms with van der Waals surface area (Å²) >= 11 is 0. The summed E-state index contributed by atoms with van der Waals surface area (Å²) in [6.45, 7) is 3.94. The predicted molar refractivity (Wildman–Crippen MR) is 131 cm³/mol. The zero-order valence-corrected chi connectivity index (χ0v) is 21.0. The highest BCUT2D eigenvalue weighted by Gasteiger charge is 2.31. The van der Waals surface area contributed by atoms with Crippen LogP contribution in [0.2, 0.25) is 0 Å². The number of esters is 2. The standard InChI is InChI=1S/C28H22F4O7/c1-4-35-25-20(29)22(31)26(23(32)21(25)30)37-14(3)27(33)38-16-11-12-18-17(13-16)19(28(34)36-5-2)24(39-18)15-9-7-6-8-10-15/h6-14H,4-5H2,1-3H3/t14-/m0/s1. The van der Waals surface area contributed by atoms with Gasteiger partial charge in [-0.05, 0) is 39.0 Å². The minimum atomic E-state index is -1.87. The molecule has 0 spiro atoms. The number of benzene rings is 3. The Kier molecular flexibility index (Phi) is 8.08. The van der Waals surface area contributed by atoms with Gasteiger partial charge in [0.2, 0.25) is 23.3 Å². The quantitative estimate of drug-likeness (QED) is 0.101. The summed E-state index contributed by atoms with van der Waals surface area (Å²) in [5.41, 5.74) is 1.01. The Balaban J connectivity index is 1.63. The van der Waals surface area contributed by atoms with Crippen molar-refractivity contribution in [2.45, 2.75) is 26.9 Å². The Morgan fingerprint density at radius 3 is 2.13 bits per heavy atom. The Morgan fingerprint density at radius 2 is 1.51 bits per heavy atom. The second-order valence-electron chi connectivity index (χ2n) is 8.08. The highest BCUT2D eigenvalue weighted by Crippen LogP contribution is 2.37. The minimum Gasteiger partial charge on any atom is -0.488 e. The van der Waals surface area contributed by atoms with Crippen molar-refractivity contribution in [1.82, 2.24) is 0 Å². The minimum absolute atomic E-state index is 0.0705. The maximum absolute atomic E-state index is 14.4. The maximum Gasteiger partial charge on any atom is 0.352 e. The third-order valence-corrected chi connectivity index (χ3v) is 5.49. The lowest BCUT2D eigenvalue weighted by Gasteiger charge is -2.17. The molecule has 204 valence electrons. The first-order chi connectivity index (χ1) is 18.7. The lowest BCUT2D eigenvalue weighted by Crippen LogP contribution is -2.29. The Labute approximate surface area is 219 Å². The van der Waals surface area contributed by atoms with Crippen molar-refractivity contribution < 1.29 is 50.5 Å². The Hall–Kier alpha value is -4.54. The monoisotopic (exact) mass is 546 g/mol. The molecule has 0 unspecified atom stereocenters. The van der Waals surface area contributed by atoms with Gasteiger partial charge in [0.1, 0.15) is 22.7 Å². The van der Waals surface area contributed by atoms with E-state index < -0.39 is 52.8 Å². The smallest absolute Gasteiger partial charge is 0.352 e. The van der Waals surface area contributed by atoms with Crippen LogP contribution in [0.3, 0.4) is 0 Å². The van der Waals surface area contributed by atoms with Crippen molar-refractivity contribution in [1.29, 1.82) is 0 Å². The van der Waals surface area contributed by atoms with E-state index >= 15 is 0 Å². The van der Waals surface area contributed by atoms with Crippen LogP contribution in [0.5, 0.6) is 17.2 Å². The molecule has 39 heavy (non-hydrogen) atoms. The summed E-state index contributed by atoms with van der Waals surface area (Å²) < 4.78 is 82.9. The summed E-state index contributed by atoms with van der Waals surface area (Å²) in [6.07, 6.45) is -1.70. The largest absolute Gasteiger partial charge is 0.488 e. The van der Waals surface area contributed by atoms with Crippen LogP contribution in [0.1, 0.15) is 31.1 Å². The zero-order chi connectivity index (χ0) is 28.3. The third kappa shape index (κ3) is 5.38. The van der Waals surface area contributed by atoms with Gasteiger partial charge in [-0.1, -0.05) is 30.3 Å². The van der Waals surface area contributed by atoms with E-state index in [1.807, 2.05) is 0 Å². The molecule has 0 radical (unpaired) electrons. The van der Waals surface area contributed by atoms with E-state index in [1.165, 1.54) is 25.1 Å². The van der Waals surface area contributed by atoms with E-state index in [0.29, 0.717) is 11.1 Å². The molecule has 0 saturated carbocycles. The average Bonchev–Trinajstić information content (AvgIpc) is 3.32. The van der Waals surface area contributed by atoms with Gasteiger partial charge in [0.25, 0.3) is 0 Å². The summed E-state index contributed by atoms with van der Waals surface area (Å²) in [4.78, 5) is 25.4. The summed E-state index contributed by atoms with van der Waals surface area (Å²) in [5, 5.41) is 0.277. The van der Waals surface area contributed by atoms with E-state index in [-0.39, 0.29) is 35.7 Å². The first kappa shape index (κ1) is 27.5. The molecular weight excluding hydrogens is 524 g/mol. The number of ether oxygens (including phenoxy) is 4. The molecule has 3 aromatic carbocycles. The second-order valence-corrected chi connectivity index (χ2v) is 8.08. The predicted octanol–water partition coefficient (Wildman–Crippen LogP) is 6.60. The van der Waals surface area contributed by atoms with Crippen molar-refractivity contribution in [2.24, 2.45) is 0 Å². The van der Waals surface area contributed by atoms with E-state index in [0.717, 1.165) is 6.92 Å². The number of hydrogen-bond donors (Lipinski definition) is 0. The highest BCUT2D eigenvalue weighted by molar-refractivity contribution is 6.09. The third-order valence-electron chi connectivity index (χ3n) is 5.49. The molecule has 0 bridgehead atoms. The van der Waals surface area contributed by atoms with Crippen molar-refractivity contribution >= 4 is 22.9 Å². The lowest BCUT2D eigenvalue weighted by atomic mass is 10.1. The van der Waals surface area contributed by atoms with Gasteiger partial charge in [-0.25, -0.2) is 9.59 Å². The number of carbonyl (C=O) groups excluding carboxylic acids is 2. The van der Waals surface area contributed by atoms with Crippen molar-refractivity contribution in [2.75, 3.05) is 13.2 Å². The lowest BCUT2D eigenvalue weighted by molar-refractivity contribution is -0.141. The van der Waals surface area contributed by atoms with Gasteiger partial charge in [0, 0.05) is 10.9 Å². The molecular formula is C28H22F4O7. The van der Waals surface area contributed by atoms with Gasteiger partial charge >= 0.3 is 11.9 Å². The van der Waals surface area contributed by atoms with Crippen LogP contribution < -0.4 is 14.2 Å². The molecule has 0 fully saturated rings. The van der Waals surface area contributed by atoms with Crippen LogP contribution in [0.25, 0.3) is 22.3 Å². The fraction of sp³-hybridized carbons (Fsp3) is 0.214. The van der Waals surface area contributed by atoms with Crippen LogP contribution in [-0.2, 0) is 9.53 Å². The number of fused-ring (bicyclic) bond motifs is 1. The van der Waals surface area contributed by atoms with Gasteiger partial charge in [0.15, 0.2) is 17.6 Å². The fourth-order valence-electron chi connectivity index (χ4n) is 3.73. The topological polar surface area (TPSA) is 84.2 Å². The molecule has 0 amide bonds. The van der Waals surface area contributed by atoms with Crippen molar-refractivity contribution in [3.05, 3.63) is 77.4 Å². The van der Waals surface area contributed by atoms with Crippen LogP contribution in [0.4, 0.5) is 17.6 Å². The first-order valence-corrected chi connectivity index (χ1v) is 11.8. The Morgan fingerprint density at radius 1 is 0.872 bits per heavy atom. The molecule has 0 aliphatic heterocycles. The number of carbonyl (C=O) groups is 2. The van der Waals surface area contributed by atoms with Gasteiger partial charge in [0.05, 0.1) is 13.2 Å². The van der Waals surface area contributed by atoms with Gasteiger partial charge in [-0.2, -0.15) is 17.6 Å². The van der Waals surface area contributed by atoms with E-state index in [9.17, 15) is 27.2 Å². The fourth-order valence-corrected chi connectivity index (χ4v) is 3.73. The first-order valence-electron chi connectivity index (χ1n) is 11.8. The molecule has 1 aromatic heterocycles. The molecule has 0 aliphatic rings. The van der Waals surface area contributed by atoms with Crippen LogP contribution in [-0.4, -0.2) is 31.3 Å². The van der Waals surface area contributed by atoms with E-state index in [4.69, 9.17) is 18.6 Å². The van der Waals surface area contributed by atoms with Gasteiger partial charge in [-0.15, -0.1) is 0 Å². The molecule has 4 aromatic rings. The maximum atomic E-state index is 14.4. The normalized spacial score (nSPS) is 11.8. The van der Waals surface area contributed by atoms with Gasteiger partial charge in [-0.3, -0.25) is 0 Å². The summed E-state index contributed by atoms with van der Waals surface area (Å²) in [6, 6.07) is 13.0. The molecule has 0 saturated heterocycles. The van der Waals surface area contributed by atoms with Crippen molar-refractivity contribution in [3.8, 4) is 28.6 Å². The van der Waals surface area contributed by atoms with Crippen LogP contribution in [0.15, 0.2) is 52.9 Å². The Bertz CT molecular complexity index is 1500. The average molecular weight is 546 g/mol.